The molecule has 0 bridgehead atoms. The van der Waals surface area contributed by atoms with Crippen LogP contribution >= 0.6 is 11.6 Å². The lowest BCUT2D eigenvalue weighted by molar-refractivity contribution is -0.421. The number of alkyl halides is 6. The Hall–Kier alpha value is -1.39. The summed E-state index contributed by atoms with van der Waals surface area (Å²) in [6, 6.07) is 0. The molecule has 12 heteroatoms. The molecule has 0 fully saturated rings. The molecule has 130 valence electrons. The van der Waals surface area contributed by atoms with Crippen molar-refractivity contribution in [2.75, 3.05) is 6.54 Å². The zero-order valence-electron chi connectivity index (χ0n) is 11.4. The number of halogens is 7. The molecule has 22 heavy (non-hydrogen) atoms. The number of carbonyl (C=O) groups is 1. The van der Waals surface area contributed by atoms with Crippen molar-refractivity contribution in [3.05, 3.63) is 0 Å². The summed E-state index contributed by atoms with van der Waals surface area (Å²) in [4.78, 5) is 13.5. The van der Waals surface area contributed by atoms with Gasteiger partial charge < -0.3 is 9.94 Å². The summed E-state index contributed by atoms with van der Waals surface area (Å²) >= 11 is 5.34. The highest BCUT2D eigenvalue weighted by Crippen LogP contribution is 2.48. The van der Waals surface area contributed by atoms with E-state index in [-0.39, 0.29) is 12.8 Å². The van der Waals surface area contributed by atoms with E-state index in [2.05, 4.69) is 9.99 Å². The zero-order valence-corrected chi connectivity index (χ0v) is 12.2. The summed E-state index contributed by atoms with van der Waals surface area (Å²) in [7, 11) is 0. The van der Waals surface area contributed by atoms with Gasteiger partial charge in [0, 0.05) is 13.0 Å². The van der Waals surface area contributed by atoms with Crippen LogP contribution < -0.4 is 0 Å². The minimum atomic E-state index is -6.13. The molecule has 0 aliphatic rings. The maximum Gasteiger partial charge on any atom is 0.461 e. The van der Waals surface area contributed by atoms with Crippen LogP contribution in [0.15, 0.2) is 5.16 Å². The molecule has 0 aliphatic heterocycles. The van der Waals surface area contributed by atoms with Gasteiger partial charge in [0.15, 0.2) is 0 Å². The second-order valence-electron chi connectivity index (χ2n) is 3.98. The van der Waals surface area contributed by atoms with Crippen LogP contribution in [-0.4, -0.2) is 45.9 Å². The number of nitrogens with zero attached hydrogens (tertiary/aromatic N) is 2. The molecule has 0 spiro atoms. The second kappa shape index (κ2) is 7.25. The van der Waals surface area contributed by atoms with Gasteiger partial charge in [-0.3, -0.25) is 4.90 Å². The van der Waals surface area contributed by atoms with Gasteiger partial charge in [-0.2, -0.15) is 26.3 Å². The lowest BCUT2D eigenvalue weighted by Crippen LogP contribution is -2.69. The van der Waals surface area contributed by atoms with E-state index >= 15 is 0 Å². The normalized spacial score (nSPS) is 14.0. The first-order chi connectivity index (χ1) is 9.85. The fourth-order valence-corrected chi connectivity index (χ4v) is 1.70. The van der Waals surface area contributed by atoms with Crippen LogP contribution in [0.5, 0.6) is 0 Å². The van der Waals surface area contributed by atoms with Crippen molar-refractivity contribution in [1.82, 2.24) is 4.90 Å². The Labute approximate surface area is 126 Å². The number of carboxylic acid groups (broad SMARTS) is 1. The molecule has 1 N–H and O–H groups in total. The topological polar surface area (TPSA) is 62.1 Å². The Morgan fingerprint density at radius 3 is 1.91 bits per heavy atom. The van der Waals surface area contributed by atoms with E-state index < -0.39 is 40.8 Å². The minimum Gasteiger partial charge on any atom is -0.465 e. The molecule has 0 saturated carbocycles. The summed E-state index contributed by atoms with van der Waals surface area (Å²) in [5, 5.41) is 10.6. The molecular weight excluding hydrogens is 346 g/mol. The van der Waals surface area contributed by atoms with Gasteiger partial charge in [-0.15, -0.1) is 0 Å². The molecule has 0 aliphatic carbocycles. The fraction of sp³-hybridized carbons (Fsp3) is 0.800. The third kappa shape index (κ3) is 4.08. The van der Waals surface area contributed by atoms with Crippen molar-refractivity contribution in [2.24, 2.45) is 5.16 Å². The van der Waals surface area contributed by atoms with Crippen LogP contribution in [0.1, 0.15) is 26.7 Å². The predicted molar refractivity (Wildman–Crippen MR) is 64.5 cm³/mol. The highest BCUT2D eigenvalue weighted by atomic mass is 35.5. The van der Waals surface area contributed by atoms with Crippen LogP contribution in [0.4, 0.5) is 31.1 Å². The zero-order chi connectivity index (χ0) is 17.8. The predicted octanol–water partition coefficient (Wildman–Crippen LogP) is 4.18. The second-order valence-corrected chi connectivity index (χ2v) is 4.41. The standard InChI is InChI=1S/C10H13ClF6N2O3/c1-3-5-6(11)18-22-8(9(12,13)14,10(15,16)17)19(4-2)7(20)21/h3-5H2,1-2H3,(H,20,21). The Bertz CT molecular complexity index is 410. The summed E-state index contributed by atoms with van der Waals surface area (Å²) in [6.45, 7) is 1.20. The first-order valence-corrected chi connectivity index (χ1v) is 6.27. The van der Waals surface area contributed by atoms with Crippen molar-refractivity contribution in [3.8, 4) is 0 Å². The molecule has 0 aromatic heterocycles. The number of amides is 1. The Kier molecular flexibility index (Phi) is 6.79. The van der Waals surface area contributed by atoms with Crippen LogP contribution in [0.3, 0.4) is 0 Å². The lowest BCUT2D eigenvalue weighted by atomic mass is 10.1. The molecule has 0 aromatic carbocycles. The molecule has 5 nitrogen and oxygen atoms in total. The number of hydrogen-bond donors (Lipinski definition) is 1. The number of rotatable bonds is 6. The largest absolute Gasteiger partial charge is 0.465 e. The van der Waals surface area contributed by atoms with Crippen LogP contribution in [0, 0.1) is 0 Å². The van der Waals surface area contributed by atoms with Crippen molar-refractivity contribution in [1.29, 1.82) is 0 Å². The Morgan fingerprint density at radius 1 is 1.18 bits per heavy atom. The smallest absolute Gasteiger partial charge is 0.461 e. The van der Waals surface area contributed by atoms with Crippen LogP contribution in [0.2, 0.25) is 0 Å². The van der Waals surface area contributed by atoms with E-state index in [9.17, 15) is 31.1 Å². The van der Waals surface area contributed by atoms with Gasteiger partial charge in [0.1, 0.15) is 5.17 Å². The van der Waals surface area contributed by atoms with E-state index in [1.54, 1.807) is 6.92 Å². The molecule has 0 rings (SSSR count). The van der Waals surface area contributed by atoms with Crippen molar-refractivity contribution in [3.63, 3.8) is 0 Å². The van der Waals surface area contributed by atoms with Crippen molar-refractivity contribution >= 4 is 22.9 Å². The minimum absolute atomic E-state index is 0.132. The van der Waals surface area contributed by atoms with Gasteiger partial charge in [0.05, 0.1) is 0 Å². The van der Waals surface area contributed by atoms with E-state index in [4.69, 9.17) is 16.7 Å². The molecule has 0 saturated heterocycles. The summed E-state index contributed by atoms with van der Waals surface area (Å²) in [6.07, 6.45) is -14.6. The highest BCUT2D eigenvalue weighted by molar-refractivity contribution is 6.65. The number of hydrogen-bond acceptors (Lipinski definition) is 3. The number of oxime groups is 1. The summed E-state index contributed by atoms with van der Waals surface area (Å²) in [5.74, 6) is 0. The van der Waals surface area contributed by atoms with Gasteiger partial charge in [-0.1, -0.05) is 23.7 Å². The quantitative estimate of drug-likeness (QED) is 0.335. The third-order valence-corrected chi connectivity index (χ3v) is 2.69. The SMILES string of the molecule is CCCC(Cl)=NOC(N(CC)C(=O)O)(C(F)(F)F)C(F)(F)F. The first kappa shape index (κ1) is 20.6. The van der Waals surface area contributed by atoms with E-state index in [1.807, 2.05) is 0 Å². The van der Waals surface area contributed by atoms with Gasteiger partial charge in [-0.25, -0.2) is 4.79 Å². The lowest BCUT2D eigenvalue weighted by Gasteiger charge is -2.40. The molecular formula is C10H13ClF6N2O3. The van der Waals surface area contributed by atoms with E-state index in [0.717, 1.165) is 6.92 Å². The highest BCUT2D eigenvalue weighted by Gasteiger charge is 2.79. The van der Waals surface area contributed by atoms with Gasteiger partial charge >= 0.3 is 24.2 Å². The average Bonchev–Trinajstić information content (AvgIpc) is 2.30. The maximum absolute atomic E-state index is 13.0. The molecule has 0 heterocycles. The molecule has 0 atom stereocenters. The maximum atomic E-state index is 13.0. The van der Waals surface area contributed by atoms with Gasteiger partial charge in [0.25, 0.3) is 0 Å². The average molecular weight is 359 g/mol. The van der Waals surface area contributed by atoms with Crippen LogP contribution in [-0.2, 0) is 4.84 Å². The Morgan fingerprint density at radius 2 is 1.64 bits per heavy atom. The van der Waals surface area contributed by atoms with Gasteiger partial charge in [-0.05, 0) is 13.3 Å². The van der Waals surface area contributed by atoms with Gasteiger partial charge in [0.2, 0.25) is 0 Å². The third-order valence-electron chi connectivity index (χ3n) is 2.43. The first-order valence-electron chi connectivity index (χ1n) is 5.89. The molecule has 0 aromatic rings. The van der Waals surface area contributed by atoms with E-state index in [0.29, 0.717) is 0 Å². The van der Waals surface area contributed by atoms with E-state index in [1.165, 1.54) is 0 Å². The monoisotopic (exact) mass is 358 g/mol. The summed E-state index contributed by atoms with van der Waals surface area (Å²) in [5.41, 5.74) is -5.14. The van der Waals surface area contributed by atoms with Crippen molar-refractivity contribution < 1.29 is 41.1 Å². The fourth-order valence-electron chi connectivity index (χ4n) is 1.48. The Balaban J connectivity index is 6.13. The summed E-state index contributed by atoms with van der Waals surface area (Å²) < 4.78 is 78.3. The van der Waals surface area contributed by atoms with Crippen molar-refractivity contribution in [2.45, 2.75) is 44.8 Å². The van der Waals surface area contributed by atoms with Crippen LogP contribution in [0.25, 0.3) is 0 Å². The molecule has 0 unspecified atom stereocenters. The molecule has 1 amide bonds. The molecule has 0 radical (unpaired) electrons.